The van der Waals surface area contributed by atoms with Crippen LogP contribution in [0, 0.1) is 11.6 Å². The van der Waals surface area contributed by atoms with Crippen LogP contribution in [-0.4, -0.2) is 46.0 Å². The number of benzene rings is 3. The monoisotopic (exact) mass is 508 g/mol. The second-order valence-electron chi connectivity index (χ2n) is 8.87. The summed E-state index contributed by atoms with van der Waals surface area (Å²) in [5, 5.41) is 9.90. The number of methoxy groups -OCH3 is 1. The van der Waals surface area contributed by atoms with E-state index in [9.17, 15) is 28.3 Å². The number of nitrogens with zero attached hydrogens (tertiary/aromatic N) is 2. The van der Waals surface area contributed by atoms with E-state index in [1.165, 1.54) is 36.3 Å². The Morgan fingerprint density at radius 1 is 1.03 bits per heavy atom. The van der Waals surface area contributed by atoms with Crippen molar-refractivity contribution < 1.29 is 33.0 Å². The number of ether oxygens (including phenoxy) is 1. The predicted octanol–water partition coefficient (Wildman–Crippen LogP) is 4.95. The molecule has 1 aliphatic rings. The fourth-order valence-electron chi connectivity index (χ4n) is 4.61. The second-order valence-corrected chi connectivity index (χ2v) is 8.87. The van der Waals surface area contributed by atoms with Crippen molar-refractivity contribution in [3.63, 3.8) is 0 Å². The van der Waals surface area contributed by atoms with E-state index < -0.39 is 41.7 Å². The van der Waals surface area contributed by atoms with Gasteiger partial charge in [0, 0.05) is 18.5 Å². The standard InChI is InChI=1S/C28H26F2N2O5/c1-17(22-8-5-9-23(29)25(22)30)31(15-18-10-12-19(13-11-18)27(34)37-2)26(33)24-14-20-6-3-4-7-21(20)16-32(24)28(35)36/h3-13,17,24H,14-16H2,1-2H3,(H,35,36)/t17-,24?/m1/s1. The number of hydrogen-bond donors (Lipinski definition) is 1. The van der Waals surface area contributed by atoms with Gasteiger partial charge in [-0.05, 0) is 41.8 Å². The number of halogens is 2. The number of rotatable bonds is 6. The van der Waals surface area contributed by atoms with Gasteiger partial charge < -0.3 is 14.7 Å². The van der Waals surface area contributed by atoms with Crippen LogP contribution in [0.1, 0.15) is 45.6 Å². The van der Waals surface area contributed by atoms with Crippen molar-refractivity contribution in [3.05, 3.63) is 106 Å². The van der Waals surface area contributed by atoms with E-state index in [0.29, 0.717) is 11.1 Å². The van der Waals surface area contributed by atoms with E-state index >= 15 is 0 Å². The molecule has 1 heterocycles. The smallest absolute Gasteiger partial charge is 0.408 e. The van der Waals surface area contributed by atoms with Gasteiger partial charge in [0.2, 0.25) is 5.91 Å². The predicted molar refractivity (Wildman–Crippen MR) is 131 cm³/mol. The van der Waals surface area contributed by atoms with Crippen molar-refractivity contribution in [3.8, 4) is 0 Å². The van der Waals surface area contributed by atoms with Crippen LogP contribution < -0.4 is 0 Å². The molecule has 0 aromatic heterocycles. The van der Waals surface area contributed by atoms with E-state index in [4.69, 9.17) is 4.74 Å². The van der Waals surface area contributed by atoms with Crippen molar-refractivity contribution in [2.45, 2.75) is 38.5 Å². The minimum Gasteiger partial charge on any atom is -0.465 e. The molecule has 192 valence electrons. The first-order chi connectivity index (χ1) is 17.7. The van der Waals surface area contributed by atoms with Crippen LogP contribution in [0.5, 0.6) is 0 Å². The highest BCUT2D eigenvalue weighted by atomic mass is 19.2. The molecule has 0 spiro atoms. The SMILES string of the molecule is COC(=O)c1ccc(CN(C(=O)C2Cc3ccccc3CN2C(=O)O)[C@H](C)c2cccc(F)c2F)cc1. The summed E-state index contributed by atoms with van der Waals surface area (Å²) in [6, 6.07) is 15.4. The summed E-state index contributed by atoms with van der Waals surface area (Å²) in [6.45, 7) is 1.58. The highest BCUT2D eigenvalue weighted by Crippen LogP contribution is 2.31. The van der Waals surface area contributed by atoms with Crippen molar-refractivity contribution in [2.24, 2.45) is 0 Å². The zero-order chi connectivity index (χ0) is 26.7. The van der Waals surface area contributed by atoms with Crippen LogP contribution >= 0.6 is 0 Å². The third-order valence-electron chi connectivity index (χ3n) is 6.69. The Balaban J connectivity index is 1.72. The van der Waals surface area contributed by atoms with Crippen LogP contribution in [0.15, 0.2) is 66.7 Å². The van der Waals surface area contributed by atoms with E-state index in [0.717, 1.165) is 22.1 Å². The fourth-order valence-corrected chi connectivity index (χ4v) is 4.61. The molecule has 37 heavy (non-hydrogen) atoms. The molecule has 1 aliphatic heterocycles. The molecule has 3 aromatic rings. The third kappa shape index (κ3) is 5.30. The number of carboxylic acid groups (broad SMARTS) is 1. The molecule has 1 N–H and O–H groups in total. The molecule has 3 aromatic carbocycles. The zero-order valence-corrected chi connectivity index (χ0v) is 20.4. The topological polar surface area (TPSA) is 87.2 Å². The summed E-state index contributed by atoms with van der Waals surface area (Å²) in [4.78, 5) is 40.3. The van der Waals surface area contributed by atoms with Gasteiger partial charge in [-0.3, -0.25) is 9.69 Å². The summed E-state index contributed by atoms with van der Waals surface area (Å²) in [5.41, 5.74) is 2.56. The molecule has 0 saturated carbocycles. The molecule has 1 unspecified atom stereocenters. The lowest BCUT2D eigenvalue weighted by Crippen LogP contribution is -2.53. The normalized spacial score (nSPS) is 15.5. The number of fused-ring (bicyclic) bond motifs is 1. The number of carbonyl (C=O) groups is 3. The maximum absolute atomic E-state index is 14.8. The minimum absolute atomic E-state index is 0.0248. The molecule has 9 heteroatoms. The largest absolute Gasteiger partial charge is 0.465 e. The van der Waals surface area contributed by atoms with Crippen molar-refractivity contribution >= 4 is 18.0 Å². The Hall–Kier alpha value is -4.27. The quantitative estimate of drug-likeness (QED) is 0.477. The van der Waals surface area contributed by atoms with Crippen LogP contribution in [0.2, 0.25) is 0 Å². The Labute approximate surface area is 212 Å². The summed E-state index contributed by atoms with van der Waals surface area (Å²) < 4.78 is 33.6. The molecule has 0 saturated heterocycles. The van der Waals surface area contributed by atoms with Crippen LogP contribution in [-0.2, 0) is 29.0 Å². The molecular formula is C28H26F2N2O5. The summed E-state index contributed by atoms with van der Waals surface area (Å²) in [7, 11) is 1.27. The minimum atomic E-state index is -1.25. The highest BCUT2D eigenvalue weighted by molar-refractivity contribution is 5.89. The highest BCUT2D eigenvalue weighted by Gasteiger charge is 2.39. The number of esters is 1. The average Bonchev–Trinajstić information content (AvgIpc) is 2.91. The average molecular weight is 509 g/mol. The van der Waals surface area contributed by atoms with Gasteiger partial charge in [-0.1, -0.05) is 48.5 Å². The van der Waals surface area contributed by atoms with Crippen molar-refractivity contribution in [1.29, 1.82) is 0 Å². The first kappa shape index (κ1) is 25.8. The summed E-state index contributed by atoms with van der Waals surface area (Å²) >= 11 is 0. The van der Waals surface area contributed by atoms with Gasteiger partial charge >= 0.3 is 12.1 Å². The lowest BCUT2D eigenvalue weighted by Gasteiger charge is -2.39. The molecule has 0 fully saturated rings. The van der Waals surface area contributed by atoms with Gasteiger partial charge in [-0.2, -0.15) is 0 Å². The van der Waals surface area contributed by atoms with Gasteiger partial charge in [0.15, 0.2) is 11.6 Å². The first-order valence-electron chi connectivity index (χ1n) is 11.7. The van der Waals surface area contributed by atoms with Crippen molar-refractivity contribution in [1.82, 2.24) is 9.80 Å². The summed E-state index contributed by atoms with van der Waals surface area (Å²) in [6.07, 6.45) is -1.10. The molecular weight excluding hydrogens is 482 g/mol. The lowest BCUT2D eigenvalue weighted by atomic mass is 9.92. The molecule has 0 bridgehead atoms. The molecule has 7 nitrogen and oxygen atoms in total. The Morgan fingerprint density at radius 2 is 1.70 bits per heavy atom. The maximum atomic E-state index is 14.8. The van der Waals surface area contributed by atoms with Crippen molar-refractivity contribution in [2.75, 3.05) is 7.11 Å². The molecule has 2 atom stereocenters. The van der Waals surface area contributed by atoms with E-state index in [1.54, 1.807) is 25.1 Å². The summed E-state index contributed by atoms with van der Waals surface area (Å²) in [5.74, 6) is -3.17. The molecule has 0 aliphatic carbocycles. The van der Waals surface area contributed by atoms with Crippen LogP contribution in [0.25, 0.3) is 0 Å². The van der Waals surface area contributed by atoms with Crippen LogP contribution in [0.3, 0.4) is 0 Å². The number of carbonyl (C=O) groups excluding carboxylic acids is 2. The van der Waals surface area contributed by atoms with Crippen LogP contribution in [0.4, 0.5) is 13.6 Å². The maximum Gasteiger partial charge on any atom is 0.408 e. The second kappa shape index (κ2) is 10.8. The Morgan fingerprint density at radius 3 is 2.35 bits per heavy atom. The number of hydrogen-bond acceptors (Lipinski definition) is 4. The lowest BCUT2D eigenvalue weighted by molar-refractivity contribution is -0.140. The first-order valence-corrected chi connectivity index (χ1v) is 11.7. The van der Waals surface area contributed by atoms with Gasteiger partial charge in [-0.15, -0.1) is 0 Å². The van der Waals surface area contributed by atoms with Gasteiger partial charge in [-0.25, -0.2) is 18.4 Å². The van der Waals surface area contributed by atoms with E-state index in [2.05, 4.69) is 0 Å². The third-order valence-corrected chi connectivity index (χ3v) is 6.69. The Bertz CT molecular complexity index is 1330. The van der Waals surface area contributed by atoms with E-state index in [-0.39, 0.29) is 25.1 Å². The van der Waals surface area contributed by atoms with Gasteiger partial charge in [0.1, 0.15) is 6.04 Å². The fraction of sp³-hybridized carbons (Fsp3) is 0.250. The zero-order valence-electron chi connectivity index (χ0n) is 20.4. The molecule has 2 amide bonds. The number of amides is 2. The molecule has 0 radical (unpaired) electrons. The van der Waals surface area contributed by atoms with Gasteiger partial charge in [0.05, 0.1) is 25.3 Å². The van der Waals surface area contributed by atoms with E-state index in [1.807, 2.05) is 18.2 Å². The van der Waals surface area contributed by atoms with Gasteiger partial charge in [0.25, 0.3) is 0 Å². The molecule has 4 rings (SSSR count). The Kier molecular flexibility index (Phi) is 7.52.